The first-order valence-electron chi connectivity index (χ1n) is 5.83. The standard InChI is InChI=1S/C15H12BrN3/c1-9-12(7-17)15(13(8-18)10(2)19-9)11-5-3-4-6-14(11)16/h3-6,15,19H,1-2H3. The van der Waals surface area contributed by atoms with Crippen LogP contribution in [0, 0.1) is 22.7 Å². The third kappa shape index (κ3) is 2.28. The molecule has 0 bridgehead atoms. The van der Waals surface area contributed by atoms with Gasteiger partial charge in [0.25, 0.3) is 0 Å². The van der Waals surface area contributed by atoms with Gasteiger partial charge in [-0.3, -0.25) is 0 Å². The molecule has 1 aromatic carbocycles. The van der Waals surface area contributed by atoms with Crippen LogP contribution in [0.15, 0.2) is 51.3 Å². The first-order valence-corrected chi connectivity index (χ1v) is 6.62. The topological polar surface area (TPSA) is 59.6 Å². The smallest absolute Gasteiger partial charge is 0.0975 e. The summed E-state index contributed by atoms with van der Waals surface area (Å²) in [7, 11) is 0. The minimum atomic E-state index is -0.299. The van der Waals surface area contributed by atoms with Crippen LogP contribution in [0.25, 0.3) is 0 Å². The zero-order valence-electron chi connectivity index (χ0n) is 10.7. The second kappa shape index (κ2) is 5.30. The number of nitriles is 2. The molecule has 19 heavy (non-hydrogen) atoms. The molecule has 0 fully saturated rings. The number of hydrogen-bond donors (Lipinski definition) is 1. The van der Waals surface area contributed by atoms with Crippen LogP contribution in [0.1, 0.15) is 25.3 Å². The van der Waals surface area contributed by atoms with E-state index in [1.807, 2.05) is 38.1 Å². The molecule has 4 heteroatoms. The highest BCUT2D eigenvalue weighted by Gasteiger charge is 2.30. The third-order valence-electron chi connectivity index (χ3n) is 3.22. The van der Waals surface area contributed by atoms with E-state index < -0.39 is 0 Å². The van der Waals surface area contributed by atoms with Gasteiger partial charge in [-0.15, -0.1) is 0 Å². The van der Waals surface area contributed by atoms with Crippen molar-refractivity contribution in [2.45, 2.75) is 19.8 Å². The third-order valence-corrected chi connectivity index (χ3v) is 3.94. The van der Waals surface area contributed by atoms with Gasteiger partial charge >= 0.3 is 0 Å². The van der Waals surface area contributed by atoms with Gasteiger partial charge in [0.2, 0.25) is 0 Å². The van der Waals surface area contributed by atoms with Gasteiger partial charge in [-0.1, -0.05) is 34.1 Å². The fourth-order valence-electron chi connectivity index (χ4n) is 2.31. The summed E-state index contributed by atoms with van der Waals surface area (Å²) in [5.74, 6) is -0.299. The van der Waals surface area contributed by atoms with Crippen molar-refractivity contribution in [3.8, 4) is 12.1 Å². The lowest BCUT2D eigenvalue weighted by Crippen LogP contribution is -2.23. The zero-order valence-corrected chi connectivity index (χ0v) is 12.2. The molecule has 1 aliphatic rings. The first-order chi connectivity index (χ1) is 9.10. The number of allylic oxidation sites excluding steroid dienone is 4. The van der Waals surface area contributed by atoms with Crippen molar-refractivity contribution in [1.29, 1.82) is 10.5 Å². The fourth-order valence-corrected chi connectivity index (χ4v) is 2.82. The average molecular weight is 314 g/mol. The van der Waals surface area contributed by atoms with E-state index in [-0.39, 0.29) is 5.92 Å². The summed E-state index contributed by atoms with van der Waals surface area (Å²) in [5, 5.41) is 21.9. The molecule has 0 amide bonds. The Morgan fingerprint density at radius 2 is 1.58 bits per heavy atom. The number of dihydropyridines is 1. The SMILES string of the molecule is CC1=C(C#N)C(c2ccccc2Br)C(C#N)=C(C)N1. The Bertz CT molecular complexity index is 635. The Kier molecular flexibility index (Phi) is 3.74. The van der Waals surface area contributed by atoms with Crippen molar-refractivity contribution in [2.24, 2.45) is 0 Å². The minimum absolute atomic E-state index is 0.299. The van der Waals surface area contributed by atoms with Crippen molar-refractivity contribution >= 4 is 15.9 Å². The van der Waals surface area contributed by atoms with Crippen LogP contribution in [0.4, 0.5) is 0 Å². The van der Waals surface area contributed by atoms with E-state index in [9.17, 15) is 10.5 Å². The lowest BCUT2D eigenvalue weighted by Gasteiger charge is -2.26. The largest absolute Gasteiger partial charge is 0.361 e. The summed E-state index contributed by atoms with van der Waals surface area (Å²) in [6.07, 6.45) is 0. The van der Waals surface area contributed by atoms with Gasteiger partial charge < -0.3 is 5.32 Å². The average Bonchev–Trinajstić information content (AvgIpc) is 2.38. The molecule has 0 saturated carbocycles. The highest BCUT2D eigenvalue weighted by Crippen LogP contribution is 2.39. The van der Waals surface area contributed by atoms with Gasteiger partial charge in [0, 0.05) is 15.9 Å². The summed E-state index contributed by atoms with van der Waals surface area (Å²) in [5.41, 5.74) is 3.73. The maximum Gasteiger partial charge on any atom is 0.0975 e. The molecule has 1 aliphatic heterocycles. The lowest BCUT2D eigenvalue weighted by molar-refractivity contribution is 0.812. The molecule has 0 radical (unpaired) electrons. The Morgan fingerprint density at radius 3 is 2.05 bits per heavy atom. The van der Waals surface area contributed by atoms with Crippen LogP contribution in [-0.2, 0) is 0 Å². The van der Waals surface area contributed by atoms with Gasteiger partial charge in [-0.05, 0) is 25.5 Å². The predicted molar refractivity (Wildman–Crippen MR) is 76.6 cm³/mol. The zero-order chi connectivity index (χ0) is 14.0. The Morgan fingerprint density at radius 1 is 1.05 bits per heavy atom. The van der Waals surface area contributed by atoms with Gasteiger partial charge in [-0.2, -0.15) is 10.5 Å². The van der Waals surface area contributed by atoms with Gasteiger partial charge in [0.15, 0.2) is 0 Å². The molecule has 0 atom stereocenters. The molecule has 1 heterocycles. The van der Waals surface area contributed by atoms with E-state index in [1.165, 1.54) is 0 Å². The number of nitrogens with one attached hydrogen (secondary N) is 1. The molecular formula is C15H12BrN3. The molecule has 0 unspecified atom stereocenters. The summed E-state index contributed by atoms with van der Waals surface area (Å²) in [6, 6.07) is 12.1. The first kappa shape index (κ1) is 13.4. The normalized spacial score (nSPS) is 15.8. The van der Waals surface area contributed by atoms with E-state index in [4.69, 9.17) is 0 Å². The molecule has 94 valence electrons. The van der Waals surface area contributed by atoms with Gasteiger partial charge in [0.05, 0.1) is 29.2 Å². The summed E-state index contributed by atoms with van der Waals surface area (Å²) >= 11 is 3.50. The Labute approximate surface area is 121 Å². The molecule has 2 rings (SSSR count). The molecule has 1 aromatic rings. The van der Waals surface area contributed by atoms with E-state index in [1.54, 1.807) is 0 Å². The lowest BCUT2D eigenvalue weighted by atomic mass is 9.82. The quantitative estimate of drug-likeness (QED) is 0.859. The van der Waals surface area contributed by atoms with E-state index in [2.05, 4.69) is 33.4 Å². The van der Waals surface area contributed by atoms with Crippen molar-refractivity contribution in [2.75, 3.05) is 0 Å². The second-order valence-electron chi connectivity index (χ2n) is 4.38. The summed E-state index contributed by atoms with van der Waals surface area (Å²) in [4.78, 5) is 0. The fraction of sp³-hybridized carbons (Fsp3) is 0.200. The minimum Gasteiger partial charge on any atom is -0.361 e. The molecule has 0 spiro atoms. The number of hydrogen-bond acceptors (Lipinski definition) is 3. The monoisotopic (exact) mass is 313 g/mol. The van der Waals surface area contributed by atoms with Crippen LogP contribution in [-0.4, -0.2) is 0 Å². The van der Waals surface area contributed by atoms with Crippen LogP contribution in [0.5, 0.6) is 0 Å². The van der Waals surface area contributed by atoms with Crippen molar-refractivity contribution < 1.29 is 0 Å². The van der Waals surface area contributed by atoms with Crippen LogP contribution < -0.4 is 5.32 Å². The summed E-state index contributed by atoms with van der Waals surface area (Å²) < 4.78 is 0.906. The van der Waals surface area contributed by atoms with Gasteiger partial charge in [-0.25, -0.2) is 0 Å². The molecular weight excluding hydrogens is 302 g/mol. The number of halogens is 1. The van der Waals surface area contributed by atoms with Gasteiger partial charge in [0.1, 0.15) is 0 Å². The number of benzene rings is 1. The number of nitrogens with zero attached hydrogens (tertiary/aromatic N) is 2. The van der Waals surface area contributed by atoms with Crippen LogP contribution in [0.2, 0.25) is 0 Å². The Hall–Kier alpha value is -2.04. The molecule has 0 saturated heterocycles. The van der Waals surface area contributed by atoms with Crippen molar-refractivity contribution in [3.05, 3.63) is 56.8 Å². The maximum absolute atomic E-state index is 9.39. The molecule has 0 aliphatic carbocycles. The van der Waals surface area contributed by atoms with Crippen molar-refractivity contribution in [3.63, 3.8) is 0 Å². The highest BCUT2D eigenvalue weighted by atomic mass is 79.9. The van der Waals surface area contributed by atoms with E-state index in [0.717, 1.165) is 21.4 Å². The molecule has 1 N–H and O–H groups in total. The summed E-state index contributed by atoms with van der Waals surface area (Å²) in [6.45, 7) is 3.72. The predicted octanol–water partition coefficient (Wildman–Crippen LogP) is 3.73. The van der Waals surface area contributed by atoms with E-state index >= 15 is 0 Å². The van der Waals surface area contributed by atoms with Crippen molar-refractivity contribution in [1.82, 2.24) is 5.32 Å². The highest BCUT2D eigenvalue weighted by molar-refractivity contribution is 9.10. The molecule has 3 nitrogen and oxygen atoms in total. The van der Waals surface area contributed by atoms with Crippen LogP contribution >= 0.6 is 15.9 Å². The number of rotatable bonds is 1. The Balaban J connectivity index is 2.69. The second-order valence-corrected chi connectivity index (χ2v) is 5.23. The van der Waals surface area contributed by atoms with E-state index in [0.29, 0.717) is 11.1 Å². The van der Waals surface area contributed by atoms with Crippen LogP contribution in [0.3, 0.4) is 0 Å². The molecule has 0 aromatic heterocycles. The maximum atomic E-state index is 9.39.